The largest absolute Gasteiger partial charge is 0.260 e. The number of H-pyrrole nitrogens is 1. The number of nitrogens with zero attached hydrogens (tertiary/aromatic N) is 5. The molecule has 0 saturated carbocycles. The van der Waals surface area contributed by atoms with Gasteiger partial charge in [-0.3, -0.25) is 0 Å². The van der Waals surface area contributed by atoms with E-state index in [1.54, 1.807) is 0 Å². The molecule has 0 atom stereocenters. The minimum Gasteiger partial charge on any atom is -0.201 e. The second-order valence-electron chi connectivity index (χ2n) is 1.32. The van der Waals surface area contributed by atoms with Crippen LogP contribution in [0.1, 0.15) is 0 Å². The van der Waals surface area contributed by atoms with Gasteiger partial charge in [0.1, 0.15) is 0 Å². The molecule has 0 aliphatic rings. The Bertz CT molecular complexity index is 284. The normalized spacial score (nSPS) is 10.3. The molecule has 1 aromatic rings. The quantitative estimate of drug-likeness (QED) is 0.355. The molecular weight excluding hydrogens is 192 g/mol. The zero-order chi connectivity index (χ0) is 8.10. The Morgan fingerprint density at radius 3 is 3.09 bits per heavy atom. The van der Waals surface area contributed by atoms with Gasteiger partial charge in [0, 0.05) is 0 Å². The third kappa shape index (κ3) is 2.13. The van der Waals surface area contributed by atoms with Crippen LogP contribution in [-0.4, -0.2) is 20.3 Å². The lowest BCUT2D eigenvalue weighted by Gasteiger charge is -1.99. The van der Waals surface area contributed by atoms with Gasteiger partial charge in [-0.1, -0.05) is 9.73 Å². The van der Waals surface area contributed by atoms with Crippen LogP contribution >= 0.6 is 24.0 Å². The fourth-order valence-electron chi connectivity index (χ4n) is 0.361. The van der Waals surface area contributed by atoms with Crippen LogP contribution in [0.3, 0.4) is 0 Å². The van der Waals surface area contributed by atoms with Gasteiger partial charge < -0.3 is 0 Å². The van der Waals surface area contributed by atoms with Crippen LogP contribution in [0, 0.1) is 4.77 Å². The van der Waals surface area contributed by atoms with Gasteiger partial charge in [0.25, 0.3) is 4.77 Å². The molecule has 0 aliphatic heterocycles. The van der Waals surface area contributed by atoms with Gasteiger partial charge in [0.05, 0.1) is 11.8 Å². The first-order chi connectivity index (χ1) is 5.34. The number of tetrazole rings is 1. The van der Waals surface area contributed by atoms with Gasteiger partial charge in [0.2, 0.25) is 0 Å². The Labute approximate surface area is 70.6 Å². The second kappa shape index (κ2) is 3.83. The van der Waals surface area contributed by atoms with Crippen molar-refractivity contribution in [1.29, 1.82) is 0 Å². The van der Waals surface area contributed by atoms with Crippen molar-refractivity contribution in [1.82, 2.24) is 25.9 Å². The summed E-state index contributed by atoms with van der Waals surface area (Å²) in [7, 11) is 0. The second-order valence-corrected chi connectivity index (χ2v) is 1.83. The maximum absolute atomic E-state index is 4.86. The molecule has 11 heavy (non-hydrogen) atoms. The van der Waals surface area contributed by atoms with E-state index in [-0.39, 0.29) is 4.77 Å². The first-order valence-electron chi connectivity index (χ1n) is 2.36. The predicted octanol–water partition coefficient (Wildman–Crippen LogP) is -0.0952. The SMILES string of the molecule is S=c1nn[nH]n1NNN=NCl. The average molecular weight is 195 g/mol. The molecular formula is CH3ClN8S. The number of hydrazine groups is 1. The standard InChI is InChI=1S/CH3ClN8S/c2-4-6-7-9-10-1(11)3-5-8-10/h(H,4,7)(H,6,9)(H,3,8,11). The highest BCUT2D eigenvalue weighted by Gasteiger charge is 1.88. The van der Waals surface area contributed by atoms with Crippen LogP contribution in [0.25, 0.3) is 0 Å². The highest BCUT2D eigenvalue weighted by atomic mass is 35.5. The van der Waals surface area contributed by atoms with Crippen LogP contribution in [0.4, 0.5) is 0 Å². The van der Waals surface area contributed by atoms with Gasteiger partial charge in [-0.15, -0.1) is 4.79 Å². The van der Waals surface area contributed by atoms with Gasteiger partial charge in [0.15, 0.2) is 0 Å². The van der Waals surface area contributed by atoms with Crippen LogP contribution in [0.5, 0.6) is 0 Å². The molecule has 0 bridgehead atoms. The van der Waals surface area contributed by atoms with Gasteiger partial charge in [-0.2, -0.15) is 10.7 Å². The molecule has 0 fully saturated rings. The lowest BCUT2D eigenvalue weighted by molar-refractivity contribution is 0.605. The maximum atomic E-state index is 4.86. The summed E-state index contributed by atoms with van der Waals surface area (Å²) in [6, 6.07) is 0. The number of aromatic amines is 1. The Kier molecular flexibility index (Phi) is 2.74. The molecule has 1 rings (SSSR count). The molecule has 10 heteroatoms. The molecule has 8 nitrogen and oxygen atoms in total. The molecule has 1 heterocycles. The fourth-order valence-corrected chi connectivity index (χ4v) is 0.527. The number of hydrogen-bond acceptors (Lipinski definition) is 6. The van der Waals surface area contributed by atoms with Crippen molar-refractivity contribution in [3.63, 3.8) is 0 Å². The molecule has 0 aromatic carbocycles. The van der Waals surface area contributed by atoms with Crippen molar-refractivity contribution in [3.05, 3.63) is 4.77 Å². The van der Waals surface area contributed by atoms with E-state index in [9.17, 15) is 0 Å². The lowest BCUT2D eigenvalue weighted by atomic mass is 11.4. The third-order valence-corrected chi connectivity index (χ3v) is 1.06. The number of hydrogen-bond donors (Lipinski definition) is 3. The smallest absolute Gasteiger partial charge is 0.201 e. The van der Waals surface area contributed by atoms with E-state index in [1.165, 1.54) is 4.79 Å². The zero-order valence-electron chi connectivity index (χ0n) is 5.02. The summed E-state index contributed by atoms with van der Waals surface area (Å²) in [6.07, 6.45) is 0. The van der Waals surface area contributed by atoms with Gasteiger partial charge >= 0.3 is 0 Å². The van der Waals surface area contributed by atoms with Crippen LogP contribution < -0.4 is 11.1 Å². The summed E-state index contributed by atoms with van der Waals surface area (Å²) in [5.41, 5.74) is 4.67. The van der Waals surface area contributed by atoms with Crippen molar-refractivity contribution in [2.75, 3.05) is 5.53 Å². The van der Waals surface area contributed by atoms with E-state index < -0.39 is 0 Å². The fraction of sp³-hybridized carbons (Fsp3) is 0. The Balaban J connectivity index is 2.51. The van der Waals surface area contributed by atoms with E-state index in [0.29, 0.717) is 0 Å². The van der Waals surface area contributed by atoms with Gasteiger partial charge in [-0.05, 0) is 22.7 Å². The highest BCUT2D eigenvalue weighted by Crippen LogP contribution is 1.76. The van der Waals surface area contributed by atoms with Crippen molar-refractivity contribution in [2.24, 2.45) is 9.86 Å². The summed E-state index contributed by atoms with van der Waals surface area (Å²) >= 11 is 9.55. The van der Waals surface area contributed by atoms with E-state index in [0.717, 1.165) is 0 Å². The van der Waals surface area contributed by atoms with Crippen molar-refractivity contribution in [2.45, 2.75) is 0 Å². The predicted molar refractivity (Wildman–Crippen MR) is 38.4 cm³/mol. The molecule has 0 unspecified atom stereocenters. The Morgan fingerprint density at radius 1 is 1.73 bits per heavy atom. The summed E-state index contributed by atoms with van der Waals surface area (Å²) < 4.78 is 3.11. The summed E-state index contributed by atoms with van der Waals surface area (Å²) in [5.74, 6) is 0. The van der Waals surface area contributed by atoms with E-state index in [4.69, 9.17) is 11.8 Å². The summed E-state index contributed by atoms with van der Waals surface area (Å²) in [6.45, 7) is 0. The molecule has 0 radical (unpaired) electrons. The minimum atomic E-state index is 0.224. The van der Waals surface area contributed by atoms with E-state index in [2.05, 4.69) is 48.7 Å². The molecule has 0 saturated heterocycles. The van der Waals surface area contributed by atoms with Crippen LogP contribution in [-0.2, 0) is 0 Å². The minimum absolute atomic E-state index is 0.224. The zero-order valence-corrected chi connectivity index (χ0v) is 6.59. The number of rotatable bonds is 3. The van der Waals surface area contributed by atoms with Crippen molar-refractivity contribution < 1.29 is 0 Å². The third-order valence-electron chi connectivity index (χ3n) is 0.721. The van der Waals surface area contributed by atoms with Crippen LogP contribution in [0.2, 0.25) is 0 Å². The Morgan fingerprint density at radius 2 is 2.55 bits per heavy atom. The molecule has 0 aliphatic carbocycles. The summed E-state index contributed by atoms with van der Waals surface area (Å²) in [5, 5.41) is 12.4. The first-order valence-corrected chi connectivity index (χ1v) is 3.11. The average Bonchev–Trinajstić information content (AvgIpc) is 2.37. The first kappa shape index (κ1) is 7.88. The molecule has 3 N–H and O–H groups in total. The van der Waals surface area contributed by atoms with Crippen LogP contribution in [0.15, 0.2) is 9.86 Å². The number of halogens is 1. The van der Waals surface area contributed by atoms with E-state index in [1.807, 2.05) is 0 Å². The van der Waals surface area contributed by atoms with Crippen molar-refractivity contribution in [3.8, 4) is 0 Å². The summed E-state index contributed by atoms with van der Waals surface area (Å²) in [4.78, 5) is 1.21. The number of nitrogens with one attached hydrogen (secondary N) is 3. The number of aromatic nitrogens is 4. The van der Waals surface area contributed by atoms with Crippen molar-refractivity contribution >= 4 is 24.0 Å². The molecule has 60 valence electrons. The molecule has 0 amide bonds. The topological polar surface area (TPSA) is 95.3 Å². The molecule has 1 aromatic heterocycles. The maximum Gasteiger partial charge on any atom is 0.260 e. The van der Waals surface area contributed by atoms with Gasteiger partial charge in [-0.25, -0.2) is 5.53 Å². The molecule has 0 spiro atoms. The highest BCUT2D eigenvalue weighted by molar-refractivity contribution is 7.71. The van der Waals surface area contributed by atoms with E-state index >= 15 is 0 Å². The Hall–Kier alpha value is -1.22. The monoisotopic (exact) mass is 194 g/mol. The lowest BCUT2D eigenvalue weighted by Crippen LogP contribution is -2.26.